The van der Waals surface area contributed by atoms with Crippen LogP contribution in [0.15, 0.2) is 182 Å². The van der Waals surface area contributed by atoms with Gasteiger partial charge in [0, 0.05) is 31.5 Å². The van der Waals surface area contributed by atoms with Crippen molar-refractivity contribution in [3.05, 3.63) is 206 Å². The minimum absolute atomic E-state index is 0. The van der Waals surface area contributed by atoms with Crippen molar-refractivity contribution in [2.75, 3.05) is 0 Å². The summed E-state index contributed by atoms with van der Waals surface area (Å²) in [6.45, 7) is 8.35. The van der Waals surface area contributed by atoms with Gasteiger partial charge in [-0.1, -0.05) is 139 Å². The van der Waals surface area contributed by atoms with Crippen molar-refractivity contribution < 1.29 is 20.4 Å². The van der Waals surface area contributed by atoms with Crippen LogP contribution >= 0.6 is 7.92 Å². The molecule has 47 heavy (non-hydrogen) atoms. The summed E-state index contributed by atoms with van der Waals surface area (Å²) in [4.78, 5) is 0. The van der Waals surface area contributed by atoms with E-state index in [2.05, 4.69) is 197 Å². The van der Waals surface area contributed by atoms with E-state index in [-0.39, 0.29) is 20.4 Å². The molecule has 0 aliphatic rings. The zero-order valence-electron chi connectivity index (χ0n) is 26.8. The summed E-state index contributed by atoms with van der Waals surface area (Å²) in [5.74, 6) is 0. The van der Waals surface area contributed by atoms with E-state index in [4.69, 9.17) is 0 Å². The Morgan fingerprint density at radius 3 is 1.13 bits per heavy atom. The van der Waals surface area contributed by atoms with E-state index in [0.29, 0.717) is 0 Å². The monoisotopic (exact) mass is 716 g/mol. The van der Waals surface area contributed by atoms with Crippen LogP contribution in [0.1, 0.15) is 16.7 Å². The van der Waals surface area contributed by atoms with Crippen LogP contribution in [0.2, 0.25) is 0 Å². The Kier molecular flexibility index (Phi) is 11.8. The zero-order valence-corrected chi connectivity index (χ0v) is 29.4. The summed E-state index contributed by atoms with van der Waals surface area (Å²) in [7, 11) is -1.25. The summed E-state index contributed by atoms with van der Waals surface area (Å²) in [5.41, 5.74) is 11.3. The first-order valence-corrected chi connectivity index (χ1v) is 17.3. The molecule has 0 radical (unpaired) electrons. The van der Waals surface area contributed by atoms with Gasteiger partial charge in [-0.05, 0) is 66.9 Å². The Bertz CT molecular complexity index is 1890. The van der Waals surface area contributed by atoms with Crippen molar-refractivity contribution >= 4 is 23.8 Å². The fourth-order valence-electron chi connectivity index (χ4n) is 5.99. The largest absolute Gasteiger partial charge is 0.198 e. The summed E-state index contributed by atoms with van der Waals surface area (Å²) in [5, 5.41) is 4.26. The summed E-state index contributed by atoms with van der Waals surface area (Å²) < 4.78 is 0. The van der Waals surface area contributed by atoms with Gasteiger partial charge in [0.05, 0.1) is 7.92 Å². The van der Waals surface area contributed by atoms with Crippen molar-refractivity contribution in [2.24, 2.45) is 0 Å². The minimum Gasteiger partial charge on any atom is -0.198 e. The van der Waals surface area contributed by atoms with Gasteiger partial charge in [0.25, 0.3) is 0 Å². The van der Waals surface area contributed by atoms with Gasteiger partial charge in [-0.25, -0.2) is 0 Å². The van der Waals surface area contributed by atoms with Gasteiger partial charge in [0.1, 0.15) is 15.9 Å². The van der Waals surface area contributed by atoms with Crippen LogP contribution in [0.3, 0.4) is 0 Å². The molecule has 0 heterocycles. The molecule has 0 saturated carbocycles. The smallest absolute Gasteiger partial charge is 0.117 e. The van der Waals surface area contributed by atoms with Gasteiger partial charge in [0.15, 0.2) is 0 Å². The van der Waals surface area contributed by atoms with E-state index < -0.39 is 7.92 Å². The Hall–Kier alpha value is -4.50. The van der Waals surface area contributed by atoms with Crippen LogP contribution in [-0.4, -0.2) is 0 Å². The molecule has 0 spiro atoms. The van der Waals surface area contributed by atoms with Crippen LogP contribution < -0.4 is 15.9 Å². The second-order valence-electron chi connectivity index (χ2n) is 11.6. The second kappa shape index (κ2) is 16.4. The standard InChI is InChI=1S/C31H25P.C14H13.Pd/c1-24-22-29(25-14-6-2-7-15-25)31(30(23-24)26-16-8-3-9-17-26)32(27-18-10-4-11-19-27)28-20-12-5-13-21-28;1-11-8-9-12(2)14(10-11)13-6-4-3-5-7-13;/h2-23H,1H3;3-10H,2H2,1H3;/q;-1;/p+1. The van der Waals surface area contributed by atoms with Gasteiger partial charge in [0.2, 0.25) is 0 Å². The third-order valence-electron chi connectivity index (χ3n) is 8.18. The molecule has 2 heteroatoms. The molecule has 0 saturated heterocycles. The molecule has 0 fully saturated rings. The van der Waals surface area contributed by atoms with E-state index in [1.54, 1.807) is 0 Å². The number of benzene rings is 7. The van der Waals surface area contributed by atoms with Gasteiger partial charge >= 0.3 is 0 Å². The van der Waals surface area contributed by atoms with Crippen LogP contribution in [0.25, 0.3) is 33.4 Å². The molecule has 0 N–H and O–H groups in total. The van der Waals surface area contributed by atoms with Crippen LogP contribution in [-0.2, 0) is 20.4 Å². The molecular weight excluding hydrogens is 678 g/mol. The molecular formula is C45H39PPd. The Morgan fingerprint density at radius 1 is 0.383 bits per heavy atom. The predicted octanol–water partition coefficient (Wildman–Crippen LogP) is 10.7. The van der Waals surface area contributed by atoms with E-state index in [1.807, 2.05) is 6.07 Å². The molecule has 0 aliphatic heterocycles. The number of rotatable bonds is 6. The minimum atomic E-state index is -1.25. The number of hydrogen-bond acceptors (Lipinski definition) is 0. The summed E-state index contributed by atoms with van der Waals surface area (Å²) in [6, 6.07) is 65.2. The SMILES string of the molecule is Cc1cc(-c2ccccc2)c([PH+](c2ccccc2)c2ccccc2)c(-c2ccccc2)c1.[CH2-]c1ccc(C)cc1-c1ccccc1.[Pd]. The van der Waals surface area contributed by atoms with Gasteiger partial charge in [-0.15, -0.1) is 17.7 Å². The maximum Gasteiger partial charge on any atom is 0.117 e. The maximum atomic E-state index is 4.04. The van der Waals surface area contributed by atoms with Crippen molar-refractivity contribution in [3.8, 4) is 33.4 Å². The first kappa shape index (κ1) is 33.9. The molecule has 7 aromatic rings. The molecule has 0 nitrogen and oxygen atoms in total. The van der Waals surface area contributed by atoms with Gasteiger partial charge in [-0.2, -0.15) is 18.6 Å². The normalized spacial score (nSPS) is 10.4. The Morgan fingerprint density at radius 2 is 0.723 bits per heavy atom. The molecule has 0 amide bonds. The second-order valence-corrected chi connectivity index (χ2v) is 14.0. The molecule has 0 aromatic heterocycles. The van der Waals surface area contributed by atoms with Crippen molar-refractivity contribution in [2.45, 2.75) is 13.8 Å². The quantitative estimate of drug-likeness (QED) is 0.0913. The third-order valence-corrected chi connectivity index (χ3v) is 11.0. The zero-order chi connectivity index (χ0) is 31.7. The van der Waals surface area contributed by atoms with E-state index in [0.717, 1.165) is 5.56 Å². The first-order valence-electron chi connectivity index (χ1n) is 15.8. The summed E-state index contributed by atoms with van der Waals surface area (Å²) >= 11 is 0. The Labute approximate surface area is 295 Å². The topological polar surface area (TPSA) is 0 Å². The molecule has 234 valence electrons. The van der Waals surface area contributed by atoms with Crippen LogP contribution in [0.5, 0.6) is 0 Å². The number of aryl methyl sites for hydroxylation is 2. The third kappa shape index (κ3) is 8.27. The average Bonchev–Trinajstić information content (AvgIpc) is 3.12. The van der Waals surface area contributed by atoms with Crippen molar-refractivity contribution in [1.29, 1.82) is 0 Å². The average molecular weight is 717 g/mol. The molecule has 0 unspecified atom stereocenters. The molecule has 0 atom stereocenters. The molecule has 7 rings (SSSR count). The summed E-state index contributed by atoms with van der Waals surface area (Å²) in [6.07, 6.45) is 0. The van der Waals surface area contributed by atoms with Gasteiger partial charge in [-0.3, -0.25) is 0 Å². The molecule has 0 aliphatic carbocycles. The van der Waals surface area contributed by atoms with E-state index in [9.17, 15) is 0 Å². The van der Waals surface area contributed by atoms with E-state index in [1.165, 1.54) is 60.4 Å². The maximum absolute atomic E-state index is 4.04. The predicted molar refractivity (Wildman–Crippen MR) is 203 cm³/mol. The fourth-order valence-corrected chi connectivity index (χ4v) is 8.92. The van der Waals surface area contributed by atoms with Crippen molar-refractivity contribution in [1.82, 2.24) is 0 Å². The molecule has 0 bridgehead atoms. The molecule has 7 aromatic carbocycles. The Balaban J connectivity index is 0.000000243. The fraction of sp³-hybridized carbons (Fsp3) is 0.0444. The van der Waals surface area contributed by atoms with E-state index >= 15 is 0 Å². The van der Waals surface area contributed by atoms with Crippen LogP contribution in [0.4, 0.5) is 0 Å². The van der Waals surface area contributed by atoms with Crippen molar-refractivity contribution in [3.63, 3.8) is 0 Å². The first-order chi connectivity index (χ1) is 22.6. The van der Waals surface area contributed by atoms with Crippen LogP contribution in [0, 0.1) is 20.8 Å². The number of hydrogen-bond donors (Lipinski definition) is 0. The van der Waals surface area contributed by atoms with Gasteiger partial charge < -0.3 is 0 Å².